The minimum absolute atomic E-state index is 0.888. The quantitative estimate of drug-likeness (QED) is 0.180. The van der Waals surface area contributed by atoms with E-state index in [1.165, 1.54) is 32.7 Å². The van der Waals surface area contributed by atoms with Crippen molar-refractivity contribution in [2.45, 2.75) is 6.92 Å². The van der Waals surface area contributed by atoms with Crippen molar-refractivity contribution in [3.8, 4) is 28.2 Å². The van der Waals surface area contributed by atoms with Crippen molar-refractivity contribution in [2.75, 3.05) is 0 Å². The van der Waals surface area contributed by atoms with Gasteiger partial charge in [-0.2, -0.15) is 0 Å². The summed E-state index contributed by atoms with van der Waals surface area (Å²) in [5.74, 6) is 0.888. The van der Waals surface area contributed by atoms with Crippen LogP contribution in [0.15, 0.2) is 164 Å². The molecule has 8 rings (SSSR count). The van der Waals surface area contributed by atoms with Gasteiger partial charge in [-0.15, -0.1) is 0 Å². The Balaban J connectivity index is 1.39. The van der Waals surface area contributed by atoms with Crippen LogP contribution in [-0.4, -0.2) is 14.1 Å². The lowest BCUT2D eigenvalue weighted by Crippen LogP contribution is -1.99. The van der Waals surface area contributed by atoms with Crippen LogP contribution in [0.5, 0.6) is 0 Å². The fourth-order valence-corrected chi connectivity index (χ4v) is 6.58. The first-order valence-corrected chi connectivity index (χ1v) is 15.3. The number of fused-ring (bicyclic) bond motifs is 6. The molecule has 3 heterocycles. The van der Waals surface area contributed by atoms with E-state index in [-0.39, 0.29) is 0 Å². The summed E-state index contributed by atoms with van der Waals surface area (Å²) in [4.78, 5) is 5.28. The molecule has 3 aromatic heterocycles. The van der Waals surface area contributed by atoms with Crippen molar-refractivity contribution in [3.05, 3.63) is 164 Å². The zero-order chi connectivity index (χ0) is 30.3. The Kier molecular flexibility index (Phi) is 6.50. The van der Waals surface area contributed by atoms with Gasteiger partial charge in [0.2, 0.25) is 0 Å². The van der Waals surface area contributed by atoms with E-state index < -0.39 is 0 Å². The zero-order valence-corrected chi connectivity index (χ0v) is 25.1. The van der Waals surface area contributed by atoms with E-state index in [2.05, 4.69) is 155 Å². The minimum Gasteiger partial charge on any atom is -0.309 e. The third kappa shape index (κ3) is 4.40. The molecule has 0 amide bonds. The SMILES string of the molecule is C=C/C(=C\C=C/C)n1c2ccccc2c2cc3c4ccccc4n(-c4cccc(-c5cccc(-c6ccccc6)c5)n4)c3cc21. The van der Waals surface area contributed by atoms with Crippen LogP contribution in [0.4, 0.5) is 0 Å². The molecule has 0 bridgehead atoms. The van der Waals surface area contributed by atoms with Gasteiger partial charge in [0.15, 0.2) is 0 Å². The van der Waals surface area contributed by atoms with E-state index in [1.807, 2.05) is 25.1 Å². The summed E-state index contributed by atoms with van der Waals surface area (Å²) >= 11 is 0. The van der Waals surface area contributed by atoms with Crippen LogP contribution >= 0.6 is 0 Å². The van der Waals surface area contributed by atoms with Crippen LogP contribution in [0.2, 0.25) is 0 Å². The third-order valence-electron chi connectivity index (χ3n) is 8.62. The molecule has 5 aromatic carbocycles. The summed E-state index contributed by atoms with van der Waals surface area (Å²) in [5, 5.41) is 4.85. The first kappa shape index (κ1) is 26.7. The van der Waals surface area contributed by atoms with Crippen LogP contribution in [-0.2, 0) is 0 Å². The number of nitrogens with zero attached hydrogens (tertiary/aromatic N) is 3. The Morgan fingerprint density at radius 1 is 0.578 bits per heavy atom. The smallest absolute Gasteiger partial charge is 0.138 e. The van der Waals surface area contributed by atoms with Gasteiger partial charge in [0.05, 0.1) is 27.8 Å². The van der Waals surface area contributed by atoms with Gasteiger partial charge in [-0.1, -0.05) is 110 Å². The zero-order valence-electron chi connectivity index (χ0n) is 25.1. The molecule has 0 aliphatic carbocycles. The third-order valence-corrected chi connectivity index (χ3v) is 8.62. The lowest BCUT2D eigenvalue weighted by Gasteiger charge is -2.11. The van der Waals surface area contributed by atoms with Gasteiger partial charge in [-0.3, -0.25) is 4.57 Å². The van der Waals surface area contributed by atoms with Crippen LogP contribution in [0.25, 0.3) is 77.5 Å². The highest BCUT2D eigenvalue weighted by molar-refractivity contribution is 6.19. The molecular formula is C42H31N3. The predicted octanol–water partition coefficient (Wildman–Crippen LogP) is 11.2. The number of pyridine rings is 1. The van der Waals surface area contributed by atoms with E-state index in [1.54, 1.807) is 0 Å². The second-order valence-corrected chi connectivity index (χ2v) is 11.2. The molecule has 8 aromatic rings. The summed E-state index contributed by atoms with van der Waals surface area (Å²) in [6.07, 6.45) is 8.16. The molecule has 0 aliphatic rings. The molecule has 45 heavy (non-hydrogen) atoms. The van der Waals surface area contributed by atoms with Crippen molar-refractivity contribution >= 4 is 49.3 Å². The number of rotatable bonds is 6. The highest BCUT2D eigenvalue weighted by Crippen LogP contribution is 2.39. The van der Waals surface area contributed by atoms with E-state index in [9.17, 15) is 0 Å². The van der Waals surface area contributed by atoms with Crippen LogP contribution in [0.3, 0.4) is 0 Å². The summed E-state index contributed by atoms with van der Waals surface area (Å²) in [7, 11) is 0. The lowest BCUT2D eigenvalue weighted by atomic mass is 10.0. The molecule has 0 spiro atoms. The minimum atomic E-state index is 0.888. The normalized spacial score (nSPS) is 12.2. The lowest BCUT2D eigenvalue weighted by molar-refractivity contribution is 1.08. The van der Waals surface area contributed by atoms with Gasteiger partial charge >= 0.3 is 0 Å². The van der Waals surface area contributed by atoms with Crippen molar-refractivity contribution in [1.82, 2.24) is 14.1 Å². The first-order valence-electron chi connectivity index (χ1n) is 15.3. The Labute approximate surface area is 262 Å². The molecular weight excluding hydrogens is 546 g/mol. The number of benzene rings is 5. The van der Waals surface area contributed by atoms with Gasteiger partial charge in [0, 0.05) is 32.8 Å². The number of hydrogen-bond donors (Lipinski definition) is 0. The molecule has 3 heteroatoms. The van der Waals surface area contributed by atoms with Crippen LogP contribution < -0.4 is 0 Å². The Hall–Kier alpha value is -5.93. The van der Waals surface area contributed by atoms with Gasteiger partial charge in [0.25, 0.3) is 0 Å². The fourth-order valence-electron chi connectivity index (χ4n) is 6.58. The molecule has 0 aliphatic heterocycles. The maximum absolute atomic E-state index is 5.28. The van der Waals surface area contributed by atoms with E-state index in [0.29, 0.717) is 0 Å². The Bertz CT molecular complexity index is 2450. The predicted molar refractivity (Wildman–Crippen MR) is 192 cm³/mol. The molecule has 0 atom stereocenters. The summed E-state index contributed by atoms with van der Waals surface area (Å²) in [6, 6.07) is 47.4. The van der Waals surface area contributed by atoms with Crippen molar-refractivity contribution in [2.24, 2.45) is 0 Å². The largest absolute Gasteiger partial charge is 0.309 e. The number of allylic oxidation sites excluding steroid dienone is 5. The molecule has 214 valence electrons. The molecule has 0 unspecified atom stereocenters. The maximum atomic E-state index is 5.28. The van der Waals surface area contributed by atoms with Gasteiger partial charge in [0.1, 0.15) is 5.82 Å². The standard InChI is InChI=1S/C42H31N3/c1-3-5-19-32(4-2)44-38-23-11-9-20-33(38)35-27-36-34-21-10-12-24-39(34)45(41(36)28-40(35)44)42-25-14-22-37(43-42)31-18-13-17-30(26-31)29-15-7-6-8-16-29/h3-28H,2H2,1H3/b5-3-,32-19+. The number of para-hydroxylation sites is 2. The van der Waals surface area contributed by atoms with Crippen LogP contribution in [0.1, 0.15) is 6.92 Å². The molecule has 0 fully saturated rings. The van der Waals surface area contributed by atoms with Gasteiger partial charge in [-0.05, 0) is 72.7 Å². The first-order chi connectivity index (χ1) is 22.2. The second-order valence-electron chi connectivity index (χ2n) is 11.2. The van der Waals surface area contributed by atoms with Crippen molar-refractivity contribution in [1.29, 1.82) is 0 Å². The summed E-state index contributed by atoms with van der Waals surface area (Å²) in [6.45, 7) is 6.20. The average Bonchev–Trinajstić information content (AvgIpc) is 3.60. The van der Waals surface area contributed by atoms with Crippen molar-refractivity contribution < 1.29 is 0 Å². The van der Waals surface area contributed by atoms with E-state index >= 15 is 0 Å². The summed E-state index contributed by atoms with van der Waals surface area (Å²) in [5.41, 5.74) is 9.97. The van der Waals surface area contributed by atoms with E-state index in [4.69, 9.17) is 4.98 Å². The topological polar surface area (TPSA) is 22.8 Å². The fraction of sp³-hybridized carbons (Fsp3) is 0.0238. The van der Waals surface area contributed by atoms with Gasteiger partial charge < -0.3 is 4.57 Å². The van der Waals surface area contributed by atoms with Crippen molar-refractivity contribution in [3.63, 3.8) is 0 Å². The monoisotopic (exact) mass is 577 g/mol. The molecule has 0 N–H and O–H groups in total. The highest BCUT2D eigenvalue weighted by atomic mass is 15.1. The summed E-state index contributed by atoms with van der Waals surface area (Å²) < 4.78 is 4.62. The second kappa shape index (κ2) is 11.0. The van der Waals surface area contributed by atoms with Gasteiger partial charge in [-0.25, -0.2) is 4.98 Å². The van der Waals surface area contributed by atoms with E-state index in [0.717, 1.165) is 44.8 Å². The van der Waals surface area contributed by atoms with Crippen LogP contribution in [0, 0.1) is 0 Å². The number of aromatic nitrogens is 3. The molecule has 0 saturated carbocycles. The molecule has 3 nitrogen and oxygen atoms in total. The number of hydrogen-bond acceptors (Lipinski definition) is 1. The average molecular weight is 578 g/mol. The Morgan fingerprint density at radius 2 is 1.24 bits per heavy atom. The Morgan fingerprint density at radius 3 is 2.04 bits per heavy atom. The molecule has 0 saturated heterocycles. The maximum Gasteiger partial charge on any atom is 0.138 e. The highest BCUT2D eigenvalue weighted by Gasteiger charge is 2.19. The molecule has 0 radical (unpaired) electrons.